The van der Waals surface area contributed by atoms with Crippen LogP contribution in [0.1, 0.15) is 96.8 Å². The predicted octanol–water partition coefficient (Wildman–Crippen LogP) is 7.84. The lowest BCUT2D eigenvalue weighted by molar-refractivity contribution is 0.304. The summed E-state index contributed by atoms with van der Waals surface area (Å²) < 4.78 is 5.73. The lowest BCUT2D eigenvalue weighted by Gasteiger charge is -2.06. The number of ether oxygens (including phenoxy) is 1. The molecular weight excluding hydrogens is 312 g/mol. The zero-order valence-electron chi connectivity index (χ0n) is 15.8. The Labute approximate surface area is 156 Å². The summed E-state index contributed by atoms with van der Waals surface area (Å²) >= 11 is 4.28. The van der Waals surface area contributed by atoms with Crippen molar-refractivity contribution in [1.82, 2.24) is 0 Å². The van der Waals surface area contributed by atoms with E-state index in [2.05, 4.69) is 19.6 Å². The molecule has 0 unspecified atom stereocenters. The van der Waals surface area contributed by atoms with Gasteiger partial charge < -0.3 is 4.74 Å². The molecule has 0 aliphatic heterocycles. The Balaban J connectivity index is 1.75. The average molecular weight is 351 g/mol. The van der Waals surface area contributed by atoms with Crippen LogP contribution in [0.25, 0.3) is 0 Å². The summed E-state index contributed by atoms with van der Waals surface area (Å²) in [5.74, 6) is 0.961. The molecule has 1 nitrogen and oxygen atoms in total. The Morgan fingerprint density at radius 3 is 1.50 bits per heavy atom. The first-order valence-electron chi connectivity index (χ1n) is 10.2. The fourth-order valence-electron chi connectivity index (χ4n) is 3.03. The first kappa shape index (κ1) is 21.4. The molecule has 0 aliphatic rings. The maximum absolute atomic E-state index is 5.73. The van der Waals surface area contributed by atoms with E-state index >= 15 is 0 Å². The van der Waals surface area contributed by atoms with Crippen molar-refractivity contribution < 1.29 is 4.74 Å². The highest BCUT2D eigenvalue weighted by Gasteiger charge is 1.96. The molecule has 0 aliphatic carbocycles. The third-order valence-electron chi connectivity index (χ3n) is 4.60. The Kier molecular flexibility index (Phi) is 14.2. The van der Waals surface area contributed by atoms with Gasteiger partial charge in [0.1, 0.15) is 5.75 Å². The van der Waals surface area contributed by atoms with Crippen molar-refractivity contribution in [3.63, 3.8) is 0 Å². The zero-order valence-corrected chi connectivity index (χ0v) is 16.7. The summed E-state index contributed by atoms with van der Waals surface area (Å²) in [4.78, 5) is 0.985. The molecule has 1 aromatic carbocycles. The van der Waals surface area contributed by atoms with Crippen LogP contribution in [0, 0.1) is 0 Å². The third kappa shape index (κ3) is 12.8. The monoisotopic (exact) mass is 350 g/mol. The van der Waals surface area contributed by atoms with E-state index in [9.17, 15) is 0 Å². The summed E-state index contributed by atoms with van der Waals surface area (Å²) in [6.45, 7) is 3.12. The summed E-state index contributed by atoms with van der Waals surface area (Å²) in [5, 5.41) is 0. The van der Waals surface area contributed by atoms with Crippen LogP contribution in [0.3, 0.4) is 0 Å². The van der Waals surface area contributed by atoms with Gasteiger partial charge >= 0.3 is 0 Å². The molecule has 2 heteroatoms. The molecule has 0 fully saturated rings. The third-order valence-corrected chi connectivity index (χ3v) is 4.90. The fraction of sp³-hybridized carbons (Fsp3) is 0.727. The van der Waals surface area contributed by atoms with Gasteiger partial charge in [-0.25, -0.2) is 0 Å². The van der Waals surface area contributed by atoms with Crippen molar-refractivity contribution in [2.24, 2.45) is 0 Å². The van der Waals surface area contributed by atoms with E-state index in [0.717, 1.165) is 17.3 Å². The number of unbranched alkanes of at least 4 members (excludes halogenated alkanes) is 13. The molecule has 0 radical (unpaired) electrons. The molecule has 1 aromatic rings. The quantitative estimate of drug-likeness (QED) is 0.236. The van der Waals surface area contributed by atoms with E-state index in [0.29, 0.717) is 0 Å². The number of benzene rings is 1. The highest BCUT2D eigenvalue weighted by atomic mass is 32.1. The Hall–Kier alpha value is -0.630. The lowest BCUT2D eigenvalue weighted by Crippen LogP contribution is -1.97. The molecule has 138 valence electrons. The summed E-state index contributed by atoms with van der Waals surface area (Å²) in [6, 6.07) is 7.94. The van der Waals surface area contributed by atoms with Gasteiger partial charge in [-0.3, -0.25) is 0 Å². The Bertz CT molecular complexity index is 374. The second-order valence-electron chi connectivity index (χ2n) is 6.94. The molecule has 0 amide bonds. The normalized spacial score (nSPS) is 10.9. The van der Waals surface area contributed by atoms with Crippen LogP contribution in [0.4, 0.5) is 0 Å². The molecule has 1 rings (SSSR count). The van der Waals surface area contributed by atoms with Gasteiger partial charge in [-0.2, -0.15) is 0 Å². The van der Waals surface area contributed by atoms with Gasteiger partial charge in [-0.1, -0.05) is 90.4 Å². The topological polar surface area (TPSA) is 9.23 Å². The number of hydrogen-bond donors (Lipinski definition) is 1. The minimum Gasteiger partial charge on any atom is -0.494 e. The SMILES string of the molecule is CCCCCCCCCCCCCCCCOc1ccc(S)cc1. The van der Waals surface area contributed by atoms with Crippen molar-refractivity contribution in [2.45, 2.75) is 102 Å². The van der Waals surface area contributed by atoms with Crippen LogP contribution in [-0.4, -0.2) is 6.61 Å². The highest BCUT2D eigenvalue weighted by molar-refractivity contribution is 7.80. The maximum Gasteiger partial charge on any atom is 0.119 e. The minimum atomic E-state index is 0.837. The first-order chi connectivity index (χ1) is 11.8. The van der Waals surface area contributed by atoms with Crippen LogP contribution >= 0.6 is 12.6 Å². The highest BCUT2D eigenvalue weighted by Crippen LogP contribution is 2.15. The van der Waals surface area contributed by atoms with Gasteiger partial charge in [0, 0.05) is 4.90 Å². The van der Waals surface area contributed by atoms with Gasteiger partial charge in [0.15, 0.2) is 0 Å². The average Bonchev–Trinajstić information content (AvgIpc) is 2.60. The van der Waals surface area contributed by atoms with E-state index in [-0.39, 0.29) is 0 Å². The van der Waals surface area contributed by atoms with Crippen LogP contribution in [0.15, 0.2) is 29.2 Å². The van der Waals surface area contributed by atoms with Crippen molar-refractivity contribution in [1.29, 1.82) is 0 Å². The molecule has 0 atom stereocenters. The molecule has 0 saturated heterocycles. The standard InChI is InChI=1S/C22H38OS/c1-2-3-4-5-6-7-8-9-10-11-12-13-14-15-20-23-21-16-18-22(24)19-17-21/h16-19,24H,2-15,20H2,1H3. The van der Waals surface area contributed by atoms with Gasteiger partial charge in [-0.15, -0.1) is 12.6 Å². The van der Waals surface area contributed by atoms with Crippen molar-refractivity contribution >= 4 is 12.6 Å². The Morgan fingerprint density at radius 1 is 0.625 bits per heavy atom. The lowest BCUT2D eigenvalue weighted by atomic mass is 10.0. The second kappa shape index (κ2) is 15.9. The second-order valence-corrected chi connectivity index (χ2v) is 7.45. The smallest absolute Gasteiger partial charge is 0.119 e. The number of hydrogen-bond acceptors (Lipinski definition) is 2. The molecule has 0 N–H and O–H groups in total. The van der Waals surface area contributed by atoms with E-state index < -0.39 is 0 Å². The molecule has 0 spiro atoms. The molecule has 0 bridgehead atoms. The summed E-state index contributed by atoms with van der Waals surface area (Å²) in [7, 11) is 0. The largest absolute Gasteiger partial charge is 0.494 e. The number of thiol groups is 1. The van der Waals surface area contributed by atoms with E-state index in [1.807, 2.05) is 24.3 Å². The van der Waals surface area contributed by atoms with Gasteiger partial charge in [-0.05, 0) is 30.7 Å². The van der Waals surface area contributed by atoms with Crippen molar-refractivity contribution in [3.05, 3.63) is 24.3 Å². The fourth-order valence-corrected chi connectivity index (χ4v) is 3.18. The molecule has 0 aromatic heterocycles. The van der Waals surface area contributed by atoms with Gasteiger partial charge in [0.2, 0.25) is 0 Å². The molecule has 0 heterocycles. The van der Waals surface area contributed by atoms with Crippen LogP contribution < -0.4 is 4.74 Å². The van der Waals surface area contributed by atoms with E-state index in [1.165, 1.54) is 89.9 Å². The van der Waals surface area contributed by atoms with E-state index in [4.69, 9.17) is 4.74 Å². The van der Waals surface area contributed by atoms with Crippen LogP contribution in [-0.2, 0) is 0 Å². The summed E-state index contributed by atoms with van der Waals surface area (Å²) in [5.41, 5.74) is 0. The summed E-state index contributed by atoms with van der Waals surface area (Å²) in [6.07, 6.45) is 19.5. The number of rotatable bonds is 16. The van der Waals surface area contributed by atoms with Gasteiger partial charge in [0.05, 0.1) is 6.61 Å². The molecule has 0 saturated carbocycles. The Morgan fingerprint density at radius 2 is 1.04 bits per heavy atom. The first-order valence-corrected chi connectivity index (χ1v) is 10.7. The van der Waals surface area contributed by atoms with E-state index in [1.54, 1.807) is 0 Å². The van der Waals surface area contributed by atoms with Crippen molar-refractivity contribution in [2.75, 3.05) is 6.61 Å². The molecule has 24 heavy (non-hydrogen) atoms. The van der Waals surface area contributed by atoms with Crippen LogP contribution in [0.5, 0.6) is 5.75 Å². The molecular formula is C22H38OS. The van der Waals surface area contributed by atoms with Crippen LogP contribution in [0.2, 0.25) is 0 Å². The van der Waals surface area contributed by atoms with Crippen molar-refractivity contribution in [3.8, 4) is 5.75 Å². The predicted molar refractivity (Wildman–Crippen MR) is 110 cm³/mol. The zero-order chi connectivity index (χ0) is 17.3. The maximum atomic E-state index is 5.73. The minimum absolute atomic E-state index is 0.837. The van der Waals surface area contributed by atoms with Gasteiger partial charge in [0.25, 0.3) is 0 Å².